The lowest BCUT2D eigenvalue weighted by molar-refractivity contribution is -0.140. The van der Waals surface area contributed by atoms with Crippen LogP contribution in [-0.2, 0) is 32.6 Å². The summed E-state index contributed by atoms with van der Waals surface area (Å²) >= 11 is 9.37. The molecule has 0 aromatic heterocycles. The SMILES string of the molecule is CCCCNC(=O)C(Cc1ccccc1)N(Cc1cccc(Br)c1)C(=O)CN(c1ccc(F)c(Cl)c1)S(C)(=O)=O. The van der Waals surface area contributed by atoms with Crippen LogP contribution in [-0.4, -0.2) is 50.5 Å². The van der Waals surface area contributed by atoms with Crippen molar-refractivity contribution < 1.29 is 22.4 Å². The molecule has 3 aromatic rings. The van der Waals surface area contributed by atoms with E-state index in [9.17, 15) is 22.4 Å². The van der Waals surface area contributed by atoms with Gasteiger partial charge >= 0.3 is 0 Å². The number of carbonyl (C=O) groups excluding carboxylic acids is 2. The van der Waals surface area contributed by atoms with Crippen LogP contribution >= 0.6 is 27.5 Å². The fraction of sp³-hybridized carbons (Fsp3) is 0.310. The van der Waals surface area contributed by atoms with E-state index in [4.69, 9.17) is 11.6 Å². The Bertz CT molecular complexity index is 1430. The second-order valence-corrected chi connectivity index (χ2v) is 12.6. The Balaban J connectivity index is 2.04. The summed E-state index contributed by atoms with van der Waals surface area (Å²) in [4.78, 5) is 29.0. The number of carbonyl (C=O) groups is 2. The highest BCUT2D eigenvalue weighted by atomic mass is 79.9. The van der Waals surface area contributed by atoms with Crippen molar-refractivity contribution in [2.45, 2.75) is 38.8 Å². The highest BCUT2D eigenvalue weighted by Gasteiger charge is 2.33. The van der Waals surface area contributed by atoms with Crippen molar-refractivity contribution in [1.29, 1.82) is 0 Å². The number of nitrogens with zero attached hydrogens (tertiary/aromatic N) is 2. The van der Waals surface area contributed by atoms with Gasteiger partial charge in [0.15, 0.2) is 0 Å². The lowest BCUT2D eigenvalue weighted by atomic mass is 10.0. The van der Waals surface area contributed by atoms with E-state index >= 15 is 0 Å². The molecule has 0 saturated heterocycles. The van der Waals surface area contributed by atoms with Gasteiger partial charge in [-0.1, -0.05) is 83.3 Å². The Labute approximate surface area is 248 Å². The quantitative estimate of drug-likeness (QED) is 0.245. The Morgan fingerprint density at radius 3 is 2.35 bits per heavy atom. The molecule has 1 unspecified atom stereocenters. The zero-order valence-corrected chi connectivity index (χ0v) is 25.5. The number of amides is 2. The Kier molecular flexibility index (Phi) is 11.5. The molecule has 1 N–H and O–H groups in total. The fourth-order valence-electron chi connectivity index (χ4n) is 4.15. The van der Waals surface area contributed by atoms with E-state index in [1.54, 1.807) is 0 Å². The van der Waals surface area contributed by atoms with Crippen molar-refractivity contribution in [3.05, 3.63) is 99.2 Å². The van der Waals surface area contributed by atoms with Crippen LogP contribution in [0.1, 0.15) is 30.9 Å². The average molecular weight is 653 g/mol. The van der Waals surface area contributed by atoms with Gasteiger partial charge in [0.25, 0.3) is 0 Å². The first-order valence-corrected chi connectivity index (χ1v) is 15.8. The molecule has 1 atom stereocenters. The van der Waals surface area contributed by atoms with E-state index in [-0.39, 0.29) is 29.6 Å². The fourth-order valence-corrected chi connectivity index (χ4v) is 5.61. The van der Waals surface area contributed by atoms with Crippen molar-refractivity contribution in [3.8, 4) is 0 Å². The summed E-state index contributed by atoms with van der Waals surface area (Å²) in [7, 11) is -3.98. The van der Waals surface area contributed by atoms with Gasteiger partial charge in [0.05, 0.1) is 17.0 Å². The minimum absolute atomic E-state index is 0.0386. The van der Waals surface area contributed by atoms with Crippen molar-refractivity contribution in [2.75, 3.05) is 23.7 Å². The average Bonchev–Trinajstić information content (AvgIpc) is 2.91. The summed E-state index contributed by atoms with van der Waals surface area (Å²) in [6, 6.07) is 19.2. The van der Waals surface area contributed by atoms with Gasteiger partial charge in [-0.15, -0.1) is 0 Å². The number of rotatable bonds is 13. The van der Waals surface area contributed by atoms with Crippen LogP contribution in [0.5, 0.6) is 0 Å². The number of benzene rings is 3. The minimum Gasteiger partial charge on any atom is -0.354 e. The van der Waals surface area contributed by atoms with Crippen molar-refractivity contribution in [1.82, 2.24) is 10.2 Å². The summed E-state index contributed by atoms with van der Waals surface area (Å²) in [6.07, 6.45) is 2.83. The minimum atomic E-state index is -3.98. The topological polar surface area (TPSA) is 86.8 Å². The standard InChI is InChI=1S/C29H32BrClFN3O4S/c1-3-4-15-33-29(37)27(17-21-9-6-5-7-10-21)34(19-22-11-8-12-23(30)16-22)28(36)20-35(40(2,38)39)24-13-14-26(32)25(31)18-24/h5-14,16,18,27H,3-4,15,17,19-20H2,1-2H3,(H,33,37). The van der Waals surface area contributed by atoms with Crippen LogP contribution in [0.4, 0.5) is 10.1 Å². The maximum Gasteiger partial charge on any atom is 0.244 e. The van der Waals surface area contributed by atoms with E-state index in [1.165, 1.54) is 11.0 Å². The first kappa shape index (κ1) is 31.6. The highest BCUT2D eigenvalue weighted by molar-refractivity contribution is 9.10. The summed E-state index contributed by atoms with van der Waals surface area (Å²) in [6.45, 7) is 1.91. The third-order valence-corrected chi connectivity index (χ3v) is 8.14. The van der Waals surface area contributed by atoms with Crippen LogP contribution < -0.4 is 9.62 Å². The van der Waals surface area contributed by atoms with Gasteiger partial charge in [-0.2, -0.15) is 0 Å². The zero-order valence-electron chi connectivity index (χ0n) is 22.3. The second-order valence-electron chi connectivity index (χ2n) is 9.37. The molecule has 0 fully saturated rings. The first-order valence-electron chi connectivity index (χ1n) is 12.8. The maximum absolute atomic E-state index is 14.0. The molecule has 11 heteroatoms. The van der Waals surface area contributed by atoms with Gasteiger partial charge < -0.3 is 10.2 Å². The van der Waals surface area contributed by atoms with Gasteiger partial charge in [0.2, 0.25) is 21.8 Å². The predicted octanol–water partition coefficient (Wildman–Crippen LogP) is 5.56. The molecule has 0 bridgehead atoms. The molecule has 0 aliphatic carbocycles. The number of hydrogen-bond acceptors (Lipinski definition) is 4. The molecule has 214 valence electrons. The van der Waals surface area contributed by atoms with E-state index in [0.29, 0.717) is 6.54 Å². The van der Waals surface area contributed by atoms with E-state index in [2.05, 4.69) is 21.2 Å². The predicted molar refractivity (Wildman–Crippen MR) is 160 cm³/mol. The van der Waals surface area contributed by atoms with Gasteiger partial charge in [-0.3, -0.25) is 13.9 Å². The molecule has 3 aromatic carbocycles. The molecular formula is C29H32BrClFN3O4S. The number of sulfonamides is 1. The number of hydrogen-bond donors (Lipinski definition) is 1. The molecule has 0 aliphatic heterocycles. The number of anilines is 1. The van der Waals surface area contributed by atoms with Gasteiger partial charge in [-0.25, -0.2) is 12.8 Å². The molecule has 7 nitrogen and oxygen atoms in total. The summed E-state index contributed by atoms with van der Waals surface area (Å²) in [5, 5.41) is 2.66. The third-order valence-electron chi connectivity index (χ3n) is 6.21. The smallest absolute Gasteiger partial charge is 0.244 e. The first-order chi connectivity index (χ1) is 19.0. The van der Waals surface area contributed by atoms with Crippen molar-refractivity contribution in [3.63, 3.8) is 0 Å². The summed E-state index contributed by atoms with van der Waals surface area (Å²) in [5.74, 6) is -1.65. The highest BCUT2D eigenvalue weighted by Crippen LogP contribution is 2.25. The molecule has 3 rings (SSSR count). The van der Waals surface area contributed by atoms with E-state index in [0.717, 1.165) is 51.1 Å². The molecule has 0 spiro atoms. The summed E-state index contributed by atoms with van der Waals surface area (Å²) < 4.78 is 41.1. The Morgan fingerprint density at radius 2 is 1.73 bits per heavy atom. The van der Waals surface area contributed by atoms with Crippen LogP contribution in [0.25, 0.3) is 0 Å². The molecule has 0 aliphatic rings. The molecule has 0 heterocycles. The van der Waals surface area contributed by atoms with Crippen molar-refractivity contribution in [2.24, 2.45) is 0 Å². The van der Waals surface area contributed by atoms with Crippen LogP contribution in [0, 0.1) is 5.82 Å². The second kappa shape index (κ2) is 14.6. The molecule has 2 amide bonds. The number of halogens is 3. The molecule has 0 saturated carbocycles. The van der Waals surface area contributed by atoms with Gasteiger partial charge in [0.1, 0.15) is 18.4 Å². The third kappa shape index (κ3) is 9.04. The van der Waals surface area contributed by atoms with Gasteiger partial charge in [-0.05, 0) is 47.9 Å². The van der Waals surface area contributed by atoms with Crippen LogP contribution in [0.2, 0.25) is 5.02 Å². The van der Waals surface area contributed by atoms with Crippen LogP contribution in [0.15, 0.2) is 77.3 Å². The van der Waals surface area contributed by atoms with E-state index < -0.39 is 34.3 Å². The number of unbranched alkanes of at least 4 members (excludes halogenated alkanes) is 1. The molecule has 0 radical (unpaired) electrons. The molecular weight excluding hydrogens is 621 g/mol. The Hall–Kier alpha value is -2.95. The lowest BCUT2D eigenvalue weighted by Gasteiger charge is -2.33. The molecule has 40 heavy (non-hydrogen) atoms. The van der Waals surface area contributed by atoms with Crippen molar-refractivity contribution >= 4 is 55.1 Å². The van der Waals surface area contributed by atoms with E-state index in [1.807, 2.05) is 61.5 Å². The zero-order chi connectivity index (χ0) is 29.3. The van der Waals surface area contributed by atoms with Gasteiger partial charge in [0, 0.05) is 24.0 Å². The Morgan fingerprint density at radius 1 is 1.02 bits per heavy atom. The van der Waals surface area contributed by atoms with Crippen LogP contribution in [0.3, 0.4) is 0 Å². The normalized spacial score (nSPS) is 12.0. The monoisotopic (exact) mass is 651 g/mol. The maximum atomic E-state index is 14.0. The largest absolute Gasteiger partial charge is 0.354 e. The lowest BCUT2D eigenvalue weighted by Crippen LogP contribution is -2.53. The number of nitrogens with one attached hydrogen (secondary N) is 1. The summed E-state index contributed by atoms with van der Waals surface area (Å²) in [5.41, 5.74) is 1.63.